The molecule has 0 aliphatic carbocycles. The van der Waals surface area contributed by atoms with E-state index < -0.39 is 0 Å². The molecule has 0 saturated heterocycles. The molecule has 0 heterocycles. The Morgan fingerprint density at radius 1 is 1.28 bits per heavy atom. The number of carbonyl (C=O) groups is 1. The Morgan fingerprint density at radius 2 is 1.94 bits per heavy atom. The summed E-state index contributed by atoms with van der Waals surface area (Å²) in [5, 5.41) is 3.80. The van der Waals surface area contributed by atoms with E-state index in [0.29, 0.717) is 24.7 Å². The van der Waals surface area contributed by atoms with Crippen molar-refractivity contribution in [1.82, 2.24) is 5.43 Å². The van der Waals surface area contributed by atoms with Gasteiger partial charge in [0.15, 0.2) is 11.5 Å². The molecule has 1 rings (SSSR count). The third-order valence-corrected chi connectivity index (χ3v) is 2.00. The van der Waals surface area contributed by atoms with Crippen LogP contribution in [0.25, 0.3) is 0 Å². The summed E-state index contributed by atoms with van der Waals surface area (Å²) in [5.74, 6) is 1.17. The number of hydrogen-bond donors (Lipinski definition) is 1. The maximum atomic E-state index is 10.7. The normalized spacial score (nSPS) is 10.4. The number of ether oxygens (including phenoxy) is 2. The smallest absolute Gasteiger partial charge is 0.236 e. The first kappa shape index (κ1) is 14.0. The van der Waals surface area contributed by atoms with Crippen LogP contribution in [0.2, 0.25) is 0 Å². The maximum absolute atomic E-state index is 10.7. The van der Waals surface area contributed by atoms with Crippen LogP contribution in [-0.4, -0.2) is 25.3 Å². The first-order valence-corrected chi connectivity index (χ1v) is 5.86. The Morgan fingerprint density at radius 3 is 2.56 bits per heavy atom. The van der Waals surface area contributed by atoms with Gasteiger partial charge >= 0.3 is 0 Å². The molecule has 5 heteroatoms. The van der Waals surface area contributed by atoms with Crippen LogP contribution in [0.5, 0.6) is 11.5 Å². The molecule has 1 amide bonds. The second-order valence-corrected chi connectivity index (χ2v) is 3.50. The summed E-state index contributed by atoms with van der Waals surface area (Å²) in [6, 6.07) is 5.49. The number of benzene rings is 1. The van der Waals surface area contributed by atoms with Crippen LogP contribution in [0, 0.1) is 0 Å². The van der Waals surface area contributed by atoms with Crippen molar-refractivity contribution in [2.24, 2.45) is 5.10 Å². The highest BCUT2D eigenvalue weighted by molar-refractivity contribution is 5.82. The minimum absolute atomic E-state index is 0.206. The van der Waals surface area contributed by atoms with Crippen molar-refractivity contribution in [2.75, 3.05) is 13.2 Å². The van der Waals surface area contributed by atoms with Gasteiger partial charge in [0.1, 0.15) is 0 Å². The van der Waals surface area contributed by atoms with Gasteiger partial charge in [0, 0.05) is 6.92 Å². The standard InChI is InChI=1S/C13H18N2O3/c1-4-17-12-7-6-11(8-13(12)18-5-2)9-14-15-10(3)16/h6-9H,4-5H2,1-3H3,(H,15,16)/b14-9-. The molecule has 0 aliphatic rings. The van der Waals surface area contributed by atoms with Crippen LogP contribution in [-0.2, 0) is 4.79 Å². The van der Waals surface area contributed by atoms with E-state index in [1.54, 1.807) is 6.21 Å². The number of rotatable bonds is 6. The lowest BCUT2D eigenvalue weighted by Crippen LogP contribution is -2.12. The molecule has 1 N–H and O–H groups in total. The molecule has 0 radical (unpaired) electrons. The van der Waals surface area contributed by atoms with E-state index in [-0.39, 0.29) is 5.91 Å². The van der Waals surface area contributed by atoms with Crippen molar-refractivity contribution in [1.29, 1.82) is 0 Å². The highest BCUT2D eigenvalue weighted by Crippen LogP contribution is 2.27. The monoisotopic (exact) mass is 250 g/mol. The van der Waals surface area contributed by atoms with Crippen LogP contribution >= 0.6 is 0 Å². The number of hydrazone groups is 1. The number of hydrogen-bond acceptors (Lipinski definition) is 4. The van der Waals surface area contributed by atoms with Crippen LogP contribution < -0.4 is 14.9 Å². The molecule has 0 unspecified atom stereocenters. The van der Waals surface area contributed by atoms with Crippen LogP contribution in [0.3, 0.4) is 0 Å². The zero-order valence-electron chi connectivity index (χ0n) is 10.9. The summed E-state index contributed by atoms with van der Waals surface area (Å²) in [5.41, 5.74) is 3.17. The van der Waals surface area contributed by atoms with Gasteiger partial charge in [-0.25, -0.2) is 5.43 Å². The first-order valence-electron chi connectivity index (χ1n) is 5.86. The third kappa shape index (κ3) is 4.45. The van der Waals surface area contributed by atoms with Gasteiger partial charge in [0.2, 0.25) is 5.91 Å². The Labute approximate surface area is 107 Å². The van der Waals surface area contributed by atoms with Gasteiger partial charge in [-0.05, 0) is 37.6 Å². The Balaban J connectivity index is 2.84. The zero-order valence-corrected chi connectivity index (χ0v) is 10.9. The average molecular weight is 250 g/mol. The van der Waals surface area contributed by atoms with Gasteiger partial charge in [-0.15, -0.1) is 0 Å². The molecule has 0 saturated carbocycles. The Bertz CT molecular complexity index is 430. The fourth-order valence-electron chi connectivity index (χ4n) is 1.35. The van der Waals surface area contributed by atoms with Crippen molar-refractivity contribution in [3.05, 3.63) is 23.8 Å². The van der Waals surface area contributed by atoms with Gasteiger partial charge in [-0.2, -0.15) is 5.10 Å². The SMILES string of the molecule is CCOc1ccc(/C=N\NC(C)=O)cc1OCC. The number of nitrogens with zero attached hydrogens (tertiary/aromatic N) is 1. The zero-order chi connectivity index (χ0) is 13.4. The van der Waals surface area contributed by atoms with Gasteiger partial charge in [0.25, 0.3) is 0 Å². The van der Waals surface area contributed by atoms with E-state index >= 15 is 0 Å². The average Bonchev–Trinajstić information content (AvgIpc) is 2.32. The van der Waals surface area contributed by atoms with E-state index in [1.165, 1.54) is 6.92 Å². The lowest BCUT2D eigenvalue weighted by atomic mass is 10.2. The van der Waals surface area contributed by atoms with Crippen molar-refractivity contribution >= 4 is 12.1 Å². The fourth-order valence-corrected chi connectivity index (χ4v) is 1.35. The van der Waals surface area contributed by atoms with Gasteiger partial charge < -0.3 is 9.47 Å². The minimum Gasteiger partial charge on any atom is -0.490 e. The van der Waals surface area contributed by atoms with Gasteiger partial charge in [-0.3, -0.25) is 4.79 Å². The highest BCUT2D eigenvalue weighted by atomic mass is 16.5. The number of carbonyl (C=O) groups excluding carboxylic acids is 1. The largest absolute Gasteiger partial charge is 0.490 e. The molecule has 0 aliphatic heterocycles. The molecule has 0 atom stereocenters. The number of amides is 1. The van der Waals surface area contributed by atoms with E-state index in [2.05, 4.69) is 10.5 Å². The van der Waals surface area contributed by atoms with Gasteiger partial charge in [0.05, 0.1) is 19.4 Å². The van der Waals surface area contributed by atoms with E-state index in [4.69, 9.17) is 9.47 Å². The van der Waals surface area contributed by atoms with E-state index in [0.717, 1.165) is 5.56 Å². The molecule has 1 aromatic carbocycles. The molecule has 0 aromatic heterocycles. The fraction of sp³-hybridized carbons (Fsp3) is 0.385. The predicted molar refractivity (Wildman–Crippen MR) is 70.2 cm³/mol. The lowest BCUT2D eigenvalue weighted by Gasteiger charge is -2.10. The maximum Gasteiger partial charge on any atom is 0.236 e. The van der Waals surface area contributed by atoms with Crippen LogP contribution in [0.1, 0.15) is 26.3 Å². The van der Waals surface area contributed by atoms with Crippen molar-refractivity contribution in [3.63, 3.8) is 0 Å². The summed E-state index contributed by atoms with van der Waals surface area (Å²) in [7, 11) is 0. The Hall–Kier alpha value is -2.04. The highest BCUT2D eigenvalue weighted by Gasteiger charge is 2.04. The second kappa shape index (κ2) is 7.32. The van der Waals surface area contributed by atoms with Crippen molar-refractivity contribution in [3.8, 4) is 11.5 Å². The van der Waals surface area contributed by atoms with Gasteiger partial charge in [-0.1, -0.05) is 0 Å². The lowest BCUT2D eigenvalue weighted by molar-refractivity contribution is -0.118. The molecule has 0 fully saturated rings. The quantitative estimate of drug-likeness (QED) is 0.620. The second-order valence-electron chi connectivity index (χ2n) is 3.50. The molecule has 5 nitrogen and oxygen atoms in total. The van der Waals surface area contributed by atoms with Crippen molar-refractivity contribution < 1.29 is 14.3 Å². The summed E-state index contributed by atoms with van der Waals surface area (Å²) >= 11 is 0. The molecule has 98 valence electrons. The molecule has 1 aromatic rings. The van der Waals surface area contributed by atoms with E-state index in [1.807, 2.05) is 32.0 Å². The van der Waals surface area contributed by atoms with E-state index in [9.17, 15) is 4.79 Å². The predicted octanol–water partition coefficient (Wildman–Crippen LogP) is 1.95. The molecule has 0 bridgehead atoms. The van der Waals surface area contributed by atoms with Crippen LogP contribution in [0.4, 0.5) is 0 Å². The number of nitrogens with one attached hydrogen (secondary N) is 1. The summed E-state index contributed by atoms with van der Waals surface area (Å²) in [6.07, 6.45) is 1.56. The molecule has 18 heavy (non-hydrogen) atoms. The van der Waals surface area contributed by atoms with Crippen LogP contribution in [0.15, 0.2) is 23.3 Å². The summed E-state index contributed by atoms with van der Waals surface area (Å²) < 4.78 is 10.9. The first-order chi connectivity index (χ1) is 8.67. The molecular weight excluding hydrogens is 232 g/mol. The third-order valence-electron chi connectivity index (χ3n) is 2.00. The van der Waals surface area contributed by atoms with Crippen molar-refractivity contribution in [2.45, 2.75) is 20.8 Å². The summed E-state index contributed by atoms with van der Waals surface area (Å²) in [6.45, 7) is 6.38. The topological polar surface area (TPSA) is 59.9 Å². The summed E-state index contributed by atoms with van der Waals surface area (Å²) in [4.78, 5) is 10.7. The Kier molecular flexibility index (Phi) is 5.70. The minimum atomic E-state index is -0.206. The molecule has 0 spiro atoms. The molecular formula is C13H18N2O3.